The lowest BCUT2D eigenvalue weighted by Gasteiger charge is -2.10. The van der Waals surface area contributed by atoms with Gasteiger partial charge < -0.3 is 14.6 Å². The number of carbonyl (C=O) groups is 2. The third-order valence-electron chi connectivity index (χ3n) is 2.54. The molecule has 0 saturated carbocycles. The molecular formula is C12H12O5. The number of benzene rings is 1. The lowest BCUT2D eigenvalue weighted by Crippen LogP contribution is -2.18. The molecule has 2 rings (SSSR count). The molecule has 1 N–H and O–H groups in total. The van der Waals surface area contributed by atoms with Crippen molar-refractivity contribution in [3.05, 3.63) is 30.3 Å². The Bertz CT molecular complexity index is 414. The minimum atomic E-state index is -1.14. The first-order valence-electron chi connectivity index (χ1n) is 5.28. The molecule has 1 aromatic carbocycles. The molecule has 1 aromatic rings. The Hall–Kier alpha value is -2.04. The Kier molecular flexibility index (Phi) is 3.27. The molecule has 1 aliphatic rings. The van der Waals surface area contributed by atoms with E-state index in [0.717, 1.165) is 0 Å². The van der Waals surface area contributed by atoms with Crippen molar-refractivity contribution in [3.63, 3.8) is 0 Å². The fourth-order valence-electron chi connectivity index (χ4n) is 1.66. The number of carbonyl (C=O) groups excluding carboxylic acids is 1. The lowest BCUT2D eigenvalue weighted by molar-refractivity contribution is -0.153. The van der Waals surface area contributed by atoms with E-state index in [1.54, 1.807) is 12.1 Å². The summed E-state index contributed by atoms with van der Waals surface area (Å²) in [7, 11) is 0. The molecule has 1 fully saturated rings. The van der Waals surface area contributed by atoms with Gasteiger partial charge in [0, 0.05) is 6.42 Å². The van der Waals surface area contributed by atoms with E-state index in [9.17, 15) is 9.59 Å². The first-order valence-corrected chi connectivity index (χ1v) is 5.28. The summed E-state index contributed by atoms with van der Waals surface area (Å²) >= 11 is 0. The second-order valence-electron chi connectivity index (χ2n) is 3.81. The van der Waals surface area contributed by atoms with Crippen molar-refractivity contribution < 1.29 is 24.2 Å². The summed E-state index contributed by atoms with van der Waals surface area (Å²) in [6, 6.07) is 9.09. The molecule has 1 aliphatic heterocycles. The average molecular weight is 236 g/mol. The van der Waals surface area contributed by atoms with Gasteiger partial charge in [-0.15, -0.1) is 0 Å². The molecule has 0 bridgehead atoms. The lowest BCUT2D eigenvalue weighted by atomic mass is 10.1. The van der Waals surface area contributed by atoms with Crippen LogP contribution >= 0.6 is 0 Å². The summed E-state index contributed by atoms with van der Waals surface area (Å²) in [4.78, 5) is 21.9. The number of ether oxygens (including phenoxy) is 2. The number of rotatable bonds is 4. The predicted molar refractivity (Wildman–Crippen MR) is 57.6 cm³/mol. The van der Waals surface area contributed by atoms with E-state index in [1.165, 1.54) is 0 Å². The third kappa shape index (κ3) is 2.75. The molecule has 0 radical (unpaired) electrons. The topological polar surface area (TPSA) is 72.8 Å². The number of hydrogen-bond donors (Lipinski definition) is 1. The zero-order valence-electron chi connectivity index (χ0n) is 9.04. The van der Waals surface area contributed by atoms with Crippen LogP contribution in [0.5, 0.6) is 5.75 Å². The number of esters is 1. The minimum absolute atomic E-state index is 0.168. The first kappa shape index (κ1) is 11.4. The van der Waals surface area contributed by atoms with Gasteiger partial charge in [-0.1, -0.05) is 18.2 Å². The number of carboxylic acid groups (broad SMARTS) is 1. The molecule has 90 valence electrons. The summed E-state index contributed by atoms with van der Waals surface area (Å²) in [6.45, 7) is 0.180. The van der Waals surface area contributed by atoms with Crippen molar-refractivity contribution in [2.45, 2.75) is 12.5 Å². The van der Waals surface area contributed by atoms with Crippen molar-refractivity contribution in [2.75, 3.05) is 6.61 Å². The van der Waals surface area contributed by atoms with E-state index in [4.69, 9.17) is 14.6 Å². The molecule has 2 atom stereocenters. The van der Waals surface area contributed by atoms with Crippen LogP contribution in [0.3, 0.4) is 0 Å². The van der Waals surface area contributed by atoms with E-state index >= 15 is 0 Å². The minimum Gasteiger partial charge on any atom is -0.490 e. The molecule has 1 heterocycles. The monoisotopic (exact) mass is 236 g/mol. The highest BCUT2D eigenvalue weighted by Gasteiger charge is 2.39. The number of carboxylic acids is 1. The smallest absolute Gasteiger partial charge is 0.320 e. The van der Waals surface area contributed by atoms with Gasteiger partial charge in [-0.25, -0.2) is 0 Å². The number of para-hydroxylation sites is 1. The van der Waals surface area contributed by atoms with Gasteiger partial charge in [-0.05, 0) is 12.1 Å². The SMILES string of the molecule is O=C(O)C1CC(COc2ccccc2)OC1=O. The standard InChI is InChI=1S/C12H12O5/c13-11(14)10-6-9(17-12(10)15)7-16-8-4-2-1-3-5-8/h1-5,9-10H,6-7H2,(H,13,14). The van der Waals surface area contributed by atoms with Crippen LogP contribution in [0.2, 0.25) is 0 Å². The van der Waals surface area contributed by atoms with Crippen LogP contribution in [0.15, 0.2) is 30.3 Å². The maximum Gasteiger partial charge on any atom is 0.320 e. The second kappa shape index (κ2) is 4.86. The molecule has 2 unspecified atom stereocenters. The van der Waals surface area contributed by atoms with Crippen molar-refractivity contribution in [1.29, 1.82) is 0 Å². The van der Waals surface area contributed by atoms with Gasteiger partial charge >= 0.3 is 11.9 Å². The van der Waals surface area contributed by atoms with Gasteiger partial charge in [0.2, 0.25) is 0 Å². The van der Waals surface area contributed by atoms with E-state index in [0.29, 0.717) is 5.75 Å². The Balaban J connectivity index is 1.86. The summed E-state index contributed by atoms with van der Waals surface area (Å²) < 4.78 is 10.3. The molecule has 0 aliphatic carbocycles. The normalized spacial score (nSPS) is 23.2. The van der Waals surface area contributed by atoms with E-state index < -0.39 is 24.0 Å². The Morgan fingerprint density at radius 3 is 2.71 bits per heavy atom. The van der Waals surface area contributed by atoms with Crippen molar-refractivity contribution in [1.82, 2.24) is 0 Å². The molecule has 5 nitrogen and oxygen atoms in total. The molecule has 0 aromatic heterocycles. The van der Waals surface area contributed by atoms with Crippen LogP contribution in [0.1, 0.15) is 6.42 Å². The Labute approximate surface area is 98.0 Å². The van der Waals surface area contributed by atoms with Crippen LogP contribution in [0.4, 0.5) is 0 Å². The van der Waals surface area contributed by atoms with Gasteiger partial charge in [0.05, 0.1) is 0 Å². The third-order valence-corrected chi connectivity index (χ3v) is 2.54. The van der Waals surface area contributed by atoms with Crippen LogP contribution in [-0.2, 0) is 14.3 Å². The maximum atomic E-state index is 11.2. The number of aliphatic carboxylic acids is 1. The second-order valence-corrected chi connectivity index (χ2v) is 3.81. The molecule has 5 heteroatoms. The summed E-state index contributed by atoms with van der Waals surface area (Å²) in [6.07, 6.45) is -0.315. The highest BCUT2D eigenvalue weighted by atomic mass is 16.6. The quantitative estimate of drug-likeness (QED) is 0.625. The first-order chi connectivity index (χ1) is 8.16. The van der Waals surface area contributed by atoms with Gasteiger partial charge in [0.1, 0.15) is 18.5 Å². The molecular weight excluding hydrogens is 224 g/mol. The summed E-state index contributed by atoms with van der Waals surface area (Å²) in [5.74, 6) is -2.21. The van der Waals surface area contributed by atoms with Crippen molar-refractivity contribution >= 4 is 11.9 Å². The van der Waals surface area contributed by atoms with Crippen LogP contribution in [-0.4, -0.2) is 29.8 Å². The van der Waals surface area contributed by atoms with Gasteiger partial charge in [-0.2, -0.15) is 0 Å². The summed E-state index contributed by atoms with van der Waals surface area (Å²) in [5.41, 5.74) is 0. The molecule has 1 saturated heterocycles. The van der Waals surface area contributed by atoms with Crippen molar-refractivity contribution in [3.8, 4) is 5.75 Å². The largest absolute Gasteiger partial charge is 0.490 e. The predicted octanol–water partition coefficient (Wildman–Crippen LogP) is 1.08. The van der Waals surface area contributed by atoms with Crippen molar-refractivity contribution in [2.24, 2.45) is 5.92 Å². The zero-order chi connectivity index (χ0) is 12.3. The van der Waals surface area contributed by atoms with Gasteiger partial charge in [0.25, 0.3) is 0 Å². The van der Waals surface area contributed by atoms with Crippen LogP contribution in [0.25, 0.3) is 0 Å². The highest BCUT2D eigenvalue weighted by Crippen LogP contribution is 2.22. The molecule has 0 amide bonds. The summed E-state index contributed by atoms with van der Waals surface area (Å²) in [5, 5.41) is 8.75. The number of cyclic esters (lactones) is 1. The van der Waals surface area contributed by atoms with Crippen LogP contribution < -0.4 is 4.74 Å². The van der Waals surface area contributed by atoms with Crippen LogP contribution in [0, 0.1) is 5.92 Å². The average Bonchev–Trinajstić information content (AvgIpc) is 2.69. The van der Waals surface area contributed by atoms with Gasteiger partial charge in [-0.3, -0.25) is 9.59 Å². The Morgan fingerprint density at radius 2 is 2.12 bits per heavy atom. The molecule has 0 spiro atoms. The van der Waals surface area contributed by atoms with Gasteiger partial charge in [0.15, 0.2) is 5.92 Å². The zero-order valence-corrected chi connectivity index (χ0v) is 9.04. The maximum absolute atomic E-state index is 11.2. The fraction of sp³-hybridized carbons (Fsp3) is 0.333. The highest BCUT2D eigenvalue weighted by molar-refractivity contribution is 5.95. The van der Waals surface area contributed by atoms with E-state index in [1.807, 2.05) is 18.2 Å². The Morgan fingerprint density at radius 1 is 1.41 bits per heavy atom. The van der Waals surface area contributed by atoms with E-state index in [-0.39, 0.29) is 13.0 Å². The fourth-order valence-corrected chi connectivity index (χ4v) is 1.66. The van der Waals surface area contributed by atoms with E-state index in [2.05, 4.69) is 0 Å². The number of hydrogen-bond acceptors (Lipinski definition) is 4. The molecule has 17 heavy (non-hydrogen) atoms.